The minimum absolute atomic E-state index is 0.450. The quantitative estimate of drug-likeness (QED) is 0.903. The molecule has 3 atom stereocenters. The number of hydrogen-bond donors (Lipinski definition) is 1. The van der Waals surface area contributed by atoms with Gasteiger partial charge in [0.25, 0.3) is 0 Å². The van der Waals surface area contributed by atoms with Crippen molar-refractivity contribution in [3.8, 4) is 0 Å². The highest BCUT2D eigenvalue weighted by Crippen LogP contribution is 2.37. The van der Waals surface area contributed by atoms with Crippen LogP contribution in [0.5, 0.6) is 0 Å². The number of aryl methyl sites for hydroxylation is 1. The molecule has 2 heterocycles. The van der Waals surface area contributed by atoms with Crippen LogP contribution in [-0.4, -0.2) is 35.1 Å². The van der Waals surface area contributed by atoms with Crippen LogP contribution in [0.25, 0.3) is 0 Å². The van der Waals surface area contributed by atoms with Gasteiger partial charge in [-0.15, -0.1) is 11.3 Å². The number of aromatic nitrogens is 1. The van der Waals surface area contributed by atoms with Gasteiger partial charge in [-0.2, -0.15) is 0 Å². The van der Waals surface area contributed by atoms with E-state index in [1.807, 2.05) is 11.3 Å². The Morgan fingerprint density at radius 1 is 1.38 bits per heavy atom. The van der Waals surface area contributed by atoms with Crippen LogP contribution in [0.3, 0.4) is 0 Å². The second kappa shape index (κ2) is 6.35. The van der Waals surface area contributed by atoms with Gasteiger partial charge in [0.1, 0.15) is 5.01 Å². The van der Waals surface area contributed by atoms with Gasteiger partial charge in [-0.3, -0.25) is 4.90 Å². The van der Waals surface area contributed by atoms with Crippen LogP contribution in [0.15, 0.2) is 6.20 Å². The van der Waals surface area contributed by atoms with Crippen molar-refractivity contribution >= 4 is 11.3 Å². The highest BCUT2D eigenvalue weighted by molar-refractivity contribution is 7.11. The average molecular weight is 308 g/mol. The summed E-state index contributed by atoms with van der Waals surface area (Å²) in [6.07, 6.45) is 6.01. The van der Waals surface area contributed by atoms with Crippen molar-refractivity contribution in [2.75, 3.05) is 13.1 Å². The first kappa shape index (κ1) is 15.4. The van der Waals surface area contributed by atoms with E-state index in [0.717, 1.165) is 18.9 Å². The summed E-state index contributed by atoms with van der Waals surface area (Å²) in [5.74, 6) is 1.61. The molecule has 1 aliphatic heterocycles. The van der Waals surface area contributed by atoms with Crippen molar-refractivity contribution in [1.82, 2.24) is 15.2 Å². The molecule has 1 aliphatic carbocycles. The predicted octanol–water partition coefficient (Wildman–Crippen LogP) is 3.47. The summed E-state index contributed by atoms with van der Waals surface area (Å²) in [6.45, 7) is 11.6. The molecule has 1 aromatic rings. The number of piperazine rings is 1. The zero-order valence-corrected chi connectivity index (χ0v) is 14.6. The van der Waals surface area contributed by atoms with Crippen molar-refractivity contribution < 1.29 is 0 Å². The molecule has 0 aromatic carbocycles. The Labute approximate surface area is 133 Å². The molecule has 0 spiro atoms. The fourth-order valence-corrected chi connectivity index (χ4v) is 4.45. The van der Waals surface area contributed by atoms with E-state index in [4.69, 9.17) is 4.98 Å². The van der Waals surface area contributed by atoms with Crippen LogP contribution < -0.4 is 5.32 Å². The molecule has 1 aromatic heterocycles. The van der Waals surface area contributed by atoms with Crippen LogP contribution >= 0.6 is 11.3 Å². The molecule has 3 nitrogen and oxygen atoms in total. The van der Waals surface area contributed by atoms with Gasteiger partial charge >= 0.3 is 0 Å². The van der Waals surface area contributed by atoms with E-state index < -0.39 is 0 Å². The third-order valence-corrected chi connectivity index (χ3v) is 6.47. The second-order valence-electron chi connectivity index (χ2n) is 7.05. The Bertz CT molecular complexity index is 466. The molecule has 118 valence electrons. The standard InChI is InChI=1S/C17H29N3S/c1-5-14-8-19-17(21-14)12(4)20-10-15(13-6-7-13)18-9-16(20)11(2)3/h8,11-13,15-16,18H,5-7,9-10H2,1-4H3. The van der Waals surface area contributed by atoms with E-state index in [2.05, 4.69) is 44.1 Å². The highest BCUT2D eigenvalue weighted by Gasteiger charge is 2.40. The number of nitrogens with zero attached hydrogens (tertiary/aromatic N) is 2. The van der Waals surface area contributed by atoms with Crippen molar-refractivity contribution in [3.05, 3.63) is 16.1 Å². The molecular formula is C17H29N3S. The molecule has 21 heavy (non-hydrogen) atoms. The van der Waals surface area contributed by atoms with Crippen LogP contribution in [0.2, 0.25) is 0 Å². The fourth-order valence-electron chi connectivity index (χ4n) is 3.52. The molecule has 2 fully saturated rings. The molecule has 0 bridgehead atoms. The van der Waals surface area contributed by atoms with E-state index in [9.17, 15) is 0 Å². The summed E-state index contributed by atoms with van der Waals surface area (Å²) >= 11 is 1.90. The minimum atomic E-state index is 0.450. The fraction of sp³-hybridized carbons (Fsp3) is 0.824. The van der Waals surface area contributed by atoms with Gasteiger partial charge in [0.05, 0.1) is 6.04 Å². The summed E-state index contributed by atoms with van der Waals surface area (Å²) in [7, 11) is 0. The maximum Gasteiger partial charge on any atom is 0.110 e. The lowest BCUT2D eigenvalue weighted by Crippen LogP contribution is -2.59. The zero-order valence-electron chi connectivity index (χ0n) is 13.8. The first-order valence-corrected chi connectivity index (χ1v) is 9.35. The molecule has 0 radical (unpaired) electrons. The summed E-state index contributed by atoms with van der Waals surface area (Å²) in [6, 6.07) is 1.78. The summed E-state index contributed by atoms with van der Waals surface area (Å²) in [5.41, 5.74) is 0. The molecule has 1 saturated heterocycles. The topological polar surface area (TPSA) is 28.2 Å². The number of thiazole rings is 1. The Hall–Kier alpha value is -0.450. The highest BCUT2D eigenvalue weighted by atomic mass is 32.1. The SMILES string of the molecule is CCc1cnc(C(C)N2CC(C3CC3)NCC2C(C)C)s1. The van der Waals surface area contributed by atoms with Crippen LogP contribution in [-0.2, 0) is 6.42 Å². The van der Waals surface area contributed by atoms with Crippen LogP contribution in [0.1, 0.15) is 56.5 Å². The van der Waals surface area contributed by atoms with Gasteiger partial charge < -0.3 is 5.32 Å². The van der Waals surface area contributed by atoms with Gasteiger partial charge in [0.15, 0.2) is 0 Å². The second-order valence-corrected chi connectivity index (χ2v) is 8.20. The van der Waals surface area contributed by atoms with Crippen molar-refractivity contribution in [2.45, 2.75) is 65.1 Å². The number of nitrogens with one attached hydrogen (secondary N) is 1. The smallest absolute Gasteiger partial charge is 0.110 e. The monoisotopic (exact) mass is 307 g/mol. The first-order valence-electron chi connectivity index (χ1n) is 8.53. The van der Waals surface area contributed by atoms with Gasteiger partial charge in [0, 0.05) is 36.2 Å². The Balaban J connectivity index is 1.76. The van der Waals surface area contributed by atoms with Crippen LogP contribution in [0.4, 0.5) is 0 Å². The lowest BCUT2D eigenvalue weighted by atomic mass is 9.95. The van der Waals surface area contributed by atoms with E-state index in [0.29, 0.717) is 24.0 Å². The third kappa shape index (κ3) is 3.33. The summed E-state index contributed by atoms with van der Waals surface area (Å²) in [5, 5.41) is 5.11. The lowest BCUT2D eigenvalue weighted by molar-refractivity contribution is 0.0568. The first-order chi connectivity index (χ1) is 10.1. The van der Waals surface area contributed by atoms with Crippen molar-refractivity contribution in [1.29, 1.82) is 0 Å². The predicted molar refractivity (Wildman–Crippen MR) is 89.8 cm³/mol. The minimum Gasteiger partial charge on any atom is -0.311 e. The van der Waals surface area contributed by atoms with E-state index in [-0.39, 0.29) is 0 Å². The van der Waals surface area contributed by atoms with Gasteiger partial charge in [-0.05, 0) is 38.0 Å². The van der Waals surface area contributed by atoms with E-state index in [1.54, 1.807) is 0 Å². The van der Waals surface area contributed by atoms with Gasteiger partial charge in [-0.25, -0.2) is 4.98 Å². The molecule has 1 saturated carbocycles. The van der Waals surface area contributed by atoms with E-state index in [1.165, 1.54) is 29.3 Å². The largest absolute Gasteiger partial charge is 0.311 e. The molecule has 1 N–H and O–H groups in total. The lowest BCUT2D eigenvalue weighted by Gasteiger charge is -2.45. The Morgan fingerprint density at radius 3 is 2.71 bits per heavy atom. The Kier molecular flexibility index (Phi) is 4.67. The van der Waals surface area contributed by atoms with E-state index >= 15 is 0 Å². The summed E-state index contributed by atoms with van der Waals surface area (Å²) < 4.78 is 0. The molecule has 3 unspecified atom stereocenters. The molecule has 3 rings (SSSR count). The molecule has 0 amide bonds. The third-order valence-electron chi connectivity index (χ3n) is 5.16. The number of rotatable bonds is 5. The maximum absolute atomic E-state index is 4.70. The van der Waals surface area contributed by atoms with Crippen LogP contribution in [0, 0.1) is 11.8 Å². The van der Waals surface area contributed by atoms with Gasteiger partial charge in [-0.1, -0.05) is 20.8 Å². The maximum atomic E-state index is 4.70. The number of hydrogen-bond acceptors (Lipinski definition) is 4. The molecular weight excluding hydrogens is 278 g/mol. The average Bonchev–Trinajstić information content (AvgIpc) is 3.23. The Morgan fingerprint density at radius 2 is 2.14 bits per heavy atom. The molecule has 4 heteroatoms. The normalized spacial score (nSPS) is 29.0. The zero-order chi connectivity index (χ0) is 15.0. The summed E-state index contributed by atoms with van der Waals surface area (Å²) in [4.78, 5) is 8.83. The van der Waals surface area contributed by atoms with Crippen molar-refractivity contribution in [2.24, 2.45) is 11.8 Å². The van der Waals surface area contributed by atoms with Gasteiger partial charge in [0.2, 0.25) is 0 Å². The van der Waals surface area contributed by atoms with Crippen molar-refractivity contribution in [3.63, 3.8) is 0 Å². The molecule has 2 aliphatic rings.